The molecule has 1 heterocycles. The third-order valence-electron chi connectivity index (χ3n) is 6.58. The van der Waals surface area contributed by atoms with Crippen molar-refractivity contribution >= 4 is 35.0 Å². The van der Waals surface area contributed by atoms with Crippen LogP contribution in [0.1, 0.15) is 37.0 Å². The summed E-state index contributed by atoms with van der Waals surface area (Å²) in [4.78, 5) is 29.1. The van der Waals surface area contributed by atoms with Crippen LogP contribution < -0.4 is 14.8 Å². The number of ether oxygens (including phenoxy) is 2. The largest absolute Gasteiger partial charge is 0.486 e. The second-order valence-corrected chi connectivity index (χ2v) is 10.9. The molecule has 0 spiro atoms. The Morgan fingerprint density at radius 2 is 1.59 bits per heavy atom. The summed E-state index contributed by atoms with van der Waals surface area (Å²) in [5.74, 6) is 1.28. The van der Waals surface area contributed by atoms with Gasteiger partial charge in [-0.15, -0.1) is 0 Å². The van der Waals surface area contributed by atoms with E-state index in [1.807, 2.05) is 62.4 Å². The predicted octanol–water partition coefficient (Wildman–Crippen LogP) is 6.11. The fraction of sp³-hybridized carbons (Fsp3) is 0.355. The minimum absolute atomic E-state index is 0.116. The van der Waals surface area contributed by atoms with Crippen molar-refractivity contribution in [2.24, 2.45) is 5.92 Å². The first kappa shape index (κ1) is 28.8. The van der Waals surface area contributed by atoms with Crippen LogP contribution in [0.25, 0.3) is 0 Å². The van der Waals surface area contributed by atoms with Gasteiger partial charge in [-0.1, -0.05) is 79.5 Å². The van der Waals surface area contributed by atoms with Crippen LogP contribution in [0.5, 0.6) is 11.5 Å². The van der Waals surface area contributed by atoms with Gasteiger partial charge in [-0.05, 0) is 47.7 Å². The van der Waals surface area contributed by atoms with Crippen LogP contribution in [0, 0.1) is 5.92 Å². The Kier molecular flexibility index (Phi) is 10.1. The molecule has 6 nitrogen and oxygen atoms in total. The van der Waals surface area contributed by atoms with Gasteiger partial charge in [0.15, 0.2) is 11.5 Å². The lowest BCUT2D eigenvalue weighted by Gasteiger charge is -2.32. The Balaban J connectivity index is 1.62. The van der Waals surface area contributed by atoms with Crippen molar-refractivity contribution in [3.05, 3.63) is 93.5 Å². The van der Waals surface area contributed by atoms with Gasteiger partial charge in [0.25, 0.3) is 0 Å². The Labute approximate surface area is 240 Å². The van der Waals surface area contributed by atoms with E-state index in [-0.39, 0.29) is 30.7 Å². The number of carbonyl (C=O) groups excluding carboxylic acids is 2. The van der Waals surface area contributed by atoms with Crippen molar-refractivity contribution in [1.29, 1.82) is 0 Å². The molecule has 0 saturated heterocycles. The Morgan fingerprint density at radius 3 is 2.28 bits per heavy atom. The minimum Gasteiger partial charge on any atom is -0.486 e. The van der Waals surface area contributed by atoms with Crippen LogP contribution >= 0.6 is 23.2 Å². The number of fused-ring (bicyclic) bond motifs is 1. The maximum absolute atomic E-state index is 13.9. The number of carbonyl (C=O) groups is 2. The van der Waals surface area contributed by atoms with Gasteiger partial charge in [0.1, 0.15) is 19.3 Å². The van der Waals surface area contributed by atoms with Gasteiger partial charge in [0, 0.05) is 41.5 Å². The number of halogens is 2. The Bertz CT molecular complexity index is 1260. The highest BCUT2D eigenvalue weighted by molar-refractivity contribution is 6.36. The first-order valence-corrected chi connectivity index (χ1v) is 14.0. The van der Waals surface area contributed by atoms with Gasteiger partial charge in [-0.25, -0.2) is 0 Å². The molecule has 3 aromatic carbocycles. The maximum Gasteiger partial charge on any atom is 0.243 e. The molecule has 1 atom stereocenters. The first-order valence-electron chi connectivity index (χ1n) is 13.2. The van der Waals surface area contributed by atoms with Crippen molar-refractivity contribution < 1.29 is 19.1 Å². The van der Waals surface area contributed by atoms with E-state index in [9.17, 15) is 9.59 Å². The lowest BCUT2D eigenvalue weighted by atomic mass is 10.0. The van der Waals surface area contributed by atoms with Crippen LogP contribution in [0.15, 0.2) is 66.7 Å². The van der Waals surface area contributed by atoms with E-state index >= 15 is 0 Å². The summed E-state index contributed by atoms with van der Waals surface area (Å²) in [6.07, 6.45) is 1.04. The molecule has 1 unspecified atom stereocenters. The summed E-state index contributed by atoms with van der Waals surface area (Å²) < 4.78 is 11.3. The van der Waals surface area contributed by atoms with Gasteiger partial charge in [0.05, 0.1) is 0 Å². The van der Waals surface area contributed by atoms with Gasteiger partial charge >= 0.3 is 0 Å². The lowest BCUT2D eigenvalue weighted by molar-refractivity contribution is -0.141. The highest BCUT2D eigenvalue weighted by Gasteiger charge is 2.31. The van der Waals surface area contributed by atoms with Crippen molar-refractivity contribution in [3.63, 3.8) is 0 Å². The summed E-state index contributed by atoms with van der Waals surface area (Å²) >= 11 is 13.0. The normalized spacial score (nSPS) is 13.2. The van der Waals surface area contributed by atoms with E-state index in [4.69, 9.17) is 32.7 Å². The van der Waals surface area contributed by atoms with E-state index < -0.39 is 6.04 Å². The number of hydrogen-bond donors (Lipinski definition) is 1. The number of hydrogen-bond acceptors (Lipinski definition) is 4. The van der Waals surface area contributed by atoms with E-state index in [1.54, 1.807) is 23.1 Å². The van der Waals surface area contributed by atoms with Gasteiger partial charge in [0.2, 0.25) is 11.8 Å². The van der Waals surface area contributed by atoms with Gasteiger partial charge in [-0.2, -0.15) is 0 Å². The molecule has 2 amide bonds. The molecule has 0 fully saturated rings. The molecular weight excluding hydrogens is 535 g/mol. The molecule has 8 heteroatoms. The summed E-state index contributed by atoms with van der Waals surface area (Å²) in [5.41, 5.74) is 2.52. The molecule has 0 aromatic heterocycles. The number of amides is 2. The first-order chi connectivity index (χ1) is 18.8. The zero-order valence-electron chi connectivity index (χ0n) is 22.3. The second-order valence-electron chi connectivity index (χ2n) is 10.0. The van der Waals surface area contributed by atoms with E-state index in [1.165, 1.54) is 0 Å². The monoisotopic (exact) mass is 568 g/mol. The standard InChI is InChI=1S/C31H34Cl2N2O4/c1-21(2)19-34-31(37)27(17-22-7-4-3-5-8-22)35(20-24-25(32)9-6-10-26(24)33)30(36)14-12-23-11-13-28-29(18-23)39-16-15-38-28/h3-11,13,18,21,27H,12,14-17,19-20H2,1-2H3,(H,34,37). The summed E-state index contributed by atoms with van der Waals surface area (Å²) in [6.45, 7) is 5.71. The average molecular weight is 570 g/mol. The Morgan fingerprint density at radius 1 is 0.897 bits per heavy atom. The number of aryl methyl sites for hydroxylation is 1. The molecule has 39 heavy (non-hydrogen) atoms. The Hall–Kier alpha value is -3.22. The number of rotatable bonds is 11. The van der Waals surface area contributed by atoms with E-state index in [0.29, 0.717) is 59.7 Å². The fourth-order valence-corrected chi connectivity index (χ4v) is 4.99. The zero-order valence-corrected chi connectivity index (χ0v) is 23.8. The molecule has 4 rings (SSSR count). The molecule has 0 saturated carbocycles. The molecule has 1 aliphatic rings. The molecule has 3 aromatic rings. The van der Waals surface area contributed by atoms with Crippen LogP contribution in [0.4, 0.5) is 0 Å². The van der Waals surface area contributed by atoms with Crippen molar-refractivity contribution in [1.82, 2.24) is 10.2 Å². The fourth-order valence-electron chi connectivity index (χ4n) is 4.47. The van der Waals surface area contributed by atoms with Crippen molar-refractivity contribution in [2.75, 3.05) is 19.8 Å². The molecular formula is C31H34Cl2N2O4. The summed E-state index contributed by atoms with van der Waals surface area (Å²) in [5, 5.41) is 3.94. The predicted molar refractivity (Wildman–Crippen MR) is 155 cm³/mol. The van der Waals surface area contributed by atoms with Crippen LogP contribution in [0.2, 0.25) is 10.0 Å². The van der Waals surface area contributed by atoms with E-state index in [2.05, 4.69) is 5.32 Å². The second kappa shape index (κ2) is 13.7. The van der Waals surface area contributed by atoms with Gasteiger partial charge in [-0.3, -0.25) is 9.59 Å². The molecule has 1 N–H and O–H groups in total. The highest BCUT2D eigenvalue weighted by Crippen LogP contribution is 2.32. The molecule has 206 valence electrons. The summed E-state index contributed by atoms with van der Waals surface area (Å²) in [7, 11) is 0. The van der Waals surface area contributed by atoms with Crippen LogP contribution in [0.3, 0.4) is 0 Å². The lowest BCUT2D eigenvalue weighted by Crippen LogP contribution is -2.51. The topological polar surface area (TPSA) is 67.9 Å². The average Bonchev–Trinajstić information content (AvgIpc) is 2.94. The van der Waals surface area contributed by atoms with Crippen molar-refractivity contribution in [2.45, 2.75) is 45.7 Å². The number of nitrogens with zero attached hydrogens (tertiary/aromatic N) is 1. The van der Waals surface area contributed by atoms with Crippen LogP contribution in [-0.2, 0) is 29.0 Å². The zero-order chi connectivity index (χ0) is 27.8. The third-order valence-corrected chi connectivity index (χ3v) is 7.29. The van der Waals surface area contributed by atoms with Crippen LogP contribution in [-0.4, -0.2) is 42.5 Å². The third kappa shape index (κ3) is 7.90. The van der Waals surface area contributed by atoms with Gasteiger partial charge < -0.3 is 19.7 Å². The molecule has 0 radical (unpaired) electrons. The molecule has 1 aliphatic heterocycles. The SMILES string of the molecule is CC(C)CNC(=O)C(Cc1ccccc1)N(Cc1c(Cl)cccc1Cl)C(=O)CCc1ccc2c(c1)OCCO2. The summed E-state index contributed by atoms with van der Waals surface area (Å²) in [6, 6.07) is 19.9. The van der Waals surface area contributed by atoms with Crippen molar-refractivity contribution in [3.8, 4) is 11.5 Å². The number of nitrogens with one attached hydrogen (secondary N) is 1. The number of benzene rings is 3. The highest BCUT2D eigenvalue weighted by atomic mass is 35.5. The minimum atomic E-state index is -0.744. The quantitative estimate of drug-likeness (QED) is 0.303. The smallest absolute Gasteiger partial charge is 0.243 e. The molecule has 0 bridgehead atoms. The maximum atomic E-state index is 13.9. The molecule has 0 aliphatic carbocycles. The van der Waals surface area contributed by atoms with E-state index in [0.717, 1.165) is 11.1 Å².